The summed E-state index contributed by atoms with van der Waals surface area (Å²) in [4.78, 5) is 20.4. The van der Waals surface area contributed by atoms with E-state index in [-0.39, 0.29) is 0 Å². The third-order valence-corrected chi connectivity index (χ3v) is 5.78. The Kier molecular flexibility index (Phi) is 3.26. The molecule has 0 amide bonds. The maximum absolute atomic E-state index is 4.76. The average Bonchev–Trinajstić information content (AvgIpc) is 3.16. The summed E-state index contributed by atoms with van der Waals surface area (Å²) in [7, 11) is 0. The van der Waals surface area contributed by atoms with Crippen LogP contribution in [0.3, 0.4) is 0 Å². The highest BCUT2D eigenvalue weighted by atomic mass is 32.1. The molecular weight excluding hydrogens is 320 g/mol. The van der Waals surface area contributed by atoms with Crippen molar-refractivity contribution in [2.45, 2.75) is 38.5 Å². The normalized spacial score (nSPS) is 15.3. The summed E-state index contributed by atoms with van der Waals surface area (Å²) in [5, 5.41) is 5.73. The van der Waals surface area contributed by atoms with Crippen LogP contribution in [-0.2, 0) is 12.8 Å². The number of hydrogen-bond acceptors (Lipinski definition) is 6. The summed E-state index contributed by atoms with van der Waals surface area (Å²) in [6.45, 7) is 0. The minimum absolute atomic E-state index is 0.600. The van der Waals surface area contributed by atoms with E-state index in [9.17, 15) is 0 Å². The lowest BCUT2D eigenvalue weighted by Crippen LogP contribution is -1.97. The molecule has 0 radical (unpaired) electrons. The second-order valence-electron chi connectivity index (χ2n) is 6.14. The van der Waals surface area contributed by atoms with Gasteiger partial charge in [-0.15, -0.1) is 16.4 Å². The number of nitrogens with zero attached hydrogens (tertiary/aromatic N) is 6. The molecule has 0 atom stereocenters. The molecule has 24 heavy (non-hydrogen) atoms. The SMILES string of the molecule is c1cnc(-c2nc3c4c5c(sc4ncn3n2)CCCCCC5)cn1. The summed E-state index contributed by atoms with van der Waals surface area (Å²) < 4.78 is 1.78. The number of fused-ring (bicyclic) bond motifs is 5. The maximum atomic E-state index is 4.76. The van der Waals surface area contributed by atoms with E-state index in [0.717, 1.165) is 23.3 Å². The first kappa shape index (κ1) is 14.0. The number of aromatic nitrogens is 6. The van der Waals surface area contributed by atoms with Crippen LogP contribution in [0.4, 0.5) is 0 Å². The minimum Gasteiger partial charge on any atom is -0.261 e. The lowest BCUT2D eigenvalue weighted by atomic mass is 9.98. The minimum atomic E-state index is 0.600. The second-order valence-corrected chi connectivity index (χ2v) is 7.22. The van der Waals surface area contributed by atoms with Gasteiger partial charge in [0, 0.05) is 17.3 Å². The molecule has 4 heterocycles. The van der Waals surface area contributed by atoms with E-state index >= 15 is 0 Å². The van der Waals surface area contributed by atoms with Crippen molar-refractivity contribution in [2.75, 3.05) is 0 Å². The molecule has 6 nitrogen and oxygen atoms in total. The van der Waals surface area contributed by atoms with Crippen molar-refractivity contribution in [1.82, 2.24) is 29.5 Å². The molecule has 7 heteroatoms. The van der Waals surface area contributed by atoms with Crippen molar-refractivity contribution in [1.29, 1.82) is 0 Å². The molecule has 1 aliphatic rings. The summed E-state index contributed by atoms with van der Waals surface area (Å²) in [6, 6.07) is 0. The van der Waals surface area contributed by atoms with Crippen LogP contribution in [-0.4, -0.2) is 29.5 Å². The summed E-state index contributed by atoms with van der Waals surface area (Å²) in [5.41, 5.74) is 3.01. The zero-order valence-electron chi connectivity index (χ0n) is 13.1. The fourth-order valence-corrected chi connectivity index (χ4v) is 4.65. The fraction of sp³-hybridized carbons (Fsp3) is 0.353. The lowest BCUT2D eigenvalue weighted by molar-refractivity contribution is 0.624. The Bertz CT molecular complexity index is 1020. The fourth-order valence-electron chi connectivity index (χ4n) is 3.43. The van der Waals surface area contributed by atoms with Crippen LogP contribution in [0.1, 0.15) is 36.1 Å². The van der Waals surface area contributed by atoms with Crippen molar-refractivity contribution in [3.63, 3.8) is 0 Å². The molecule has 1 aliphatic carbocycles. The highest BCUT2D eigenvalue weighted by Gasteiger charge is 2.20. The number of rotatable bonds is 1. The molecule has 0 bridgehead atoms. The smallest absolute Gasteiger partial charge is 0.202 e. The number of thiophene rings is 1. The van der Waals surface area contributed by atoms with E-state index in [0.29, 0.717) is 11.5 Å². The summed E-state index contributed by atoms with van der Waals surface area (Å²) in [5.74, 6) is 0.600. The van der Waals surface area contributed by atoms with Gasteiger partial charge in [0.1, 0.15) is 16.9 Å². The average molecular weight is 336 g/mol. The Morgan fingerprint density at radius 3 is 2.79 bits per heavy atom. The molecule has 0 saturated carbocycles. The van der Waals surface area contributed by atoms with Crippen LogP contribution in [0.5, 0.6) is 0 Å². The Morgan fingerprint density at radius 1 is 1.00 bits per heavy atom. The summed E-state index contributed by atoms with van der Waals surface area (Å²) >= 11 is 1.82. The molecule has 0 aliphatic heterocycles. The molecular formula is C17H16N6S. The van der Waals surface area contributed by atoms with Crippen LogP contribution >= 0.6 is 11.3 Å². The standard InChI is InChI=1S/C17H16N6S/c1-2-4-6-13-11(5-3-1)14-16-21-15(12-9-18-7-8-19-12)22-23(16)10-20-17(14)24-13/h7-10H,1-6H2. The van der Waals surface area contributed by atoms with Crippen molar-refractivity contribution in [3.8, 4) is 11.5 Å². The first-order chi connectivity index (χ1) is 11.9. The molecule has 4 aromatic heterocycles. The van der Waals surface area contributed by atoms with E-state index in [1.165, 1.54) is 41.5 Å². The van der Waals surface area contributed by atoms with Gasteiger partial charge >= 0.3 is 0 Å². The van der Waals surface area contributed by atoms with E-state index in [4.69, 9.17) is 4.98 Å². The van der Waals surface area contributed by atoms with Gasteiger partial charge in [-0.05, 0) is 31.2 Å². The monoisotopic (exact) mass is 336 g/mol. The van der Waals surface area contributed by atoms with Crippen LogP contribution in [0.2, 0.25) is 0 Å². The van der Waals surface area contributed by atoms with Crippen molar-refractivity contribution in [3.05, 3.63) is 35.4 Å². The third kappa shape index (κ3) is 2.19. The van der Waals surface area contributed by atoms with Crippen LogP contribution in [0, 0.1) is 0 Å². The molecule has 0 aromatic carbocycles. The zero-order chi connectivity index (χ0) is 15.9. The Balaban J connectivity index is 1.75. The van der Waals surface area contributed by atoms with Gasteiger partial charge in [0.25, 0.3) is 0 Å². The third-order valence-electron chi connectivity index (χ3n) is 4.58. The highest BCUT2D eigenvalue weighted by Crippen LogP contribution is 2.36. The quantitative estimate of drug-likeness (QED) is 0.532. The Morgan fingerprint density at radius 2 is 1.92 bits per heavy atom. The van der Waals surface area contributed by atoms with Gasteiger partial charge in [-0.2, -0.15) is 0 Å². The van der Waals surface area contributed by atoms with Gasteiger partial charge in [0.15, 0.2) is 5.65 Å². The van der Waals surface area contributed by atoms with Crippen LogP contribution in [0.15, 0.2) is 24.9 Å². The van der Waals surface area contributed by atoms with Gasteiger partial charge in [-0.1, -0.05) is 12.8 Å². The molecule has 4 aromatic rings. The largest absolute Gasteiger partial charge is 0.261 e. The lowest BCUT2D eigenvalue weighted by Gasteiger charge is -2.09. The number of hydrogen-bond donors (Lipinski definition) is 0. The zero-order valence-corrected chi connectivity index (χ0v) is 14.0. The molecule has 0 fully saturated rings. The van der Waals surface area contributed by atoms with Crippen molar-refractivity contribution >= 4 is 27.2 Å². The van der Waals surface area contributed by atoms with Gasteiger partial charge < -0.3 is 0 Å². The summed E-state index contributed by atoms with van der Waals surface area (Å²) in [6.07, 6.45) is 14.2. The predicted octanol–water partition coefficient (Wildman–Crippen LogP) is 3.46. The topological polar surface area (TPSA) is 68.9 Å². The van der Waals surface area contributed by atoms with Crippen molar-refractivity contribution in [2.24, 2.45) is 0 Å². The second kappa shape index (κ2) is 5.59. The van der Waals surface area contributed by atoms with E-state index < -0.39 is 0 Å². The Hall–Kier alpha value is -2.41. The molecule has 0 N–H and O–H groups in total. The van der Waals surface area contributed by atoms with Gasteiger partial charge in [-0.3, -0.25) is 4.98 Å². The number of aryl methyl sites for hydroxylation is 2. The first-order valence-corrected chi connectivity index (χ1v) is 9.14. The van der Waals surface area contributed by atoms with Crippen LogP contribution in [0.25, 0.3) is 27.4 Å². The van der Waals surface area contributed by atoms with Crippen LogP contribution < -0.4 is 0 Å². The highest BCUT2D eigenvalue weighted by molar-refractivity contribution is 7.19. The molecule has 5 rings (SSSR count). The molecule has 0 saturated heterocycles. The van der Waals surface area contributed by atoms with E-state index in [1.807, 2.05) is 11.3 Å². The van der Waals surface area contributed by atoms with Gasteiger partial charge in [0.05, 0.1) is 11.6 Å². The molecule has 0 spiro atoms. The first-order valence-electron chi connectivity index (χ1n) is 8.32. The van der Waals surface area contributed by atoms with E-state index in [1.54, 1.807) is 29.4 Å². The predicted molar refractivity (Wildman–Crippen MR) is 93.1 cm³/mol. The van der Waals surface area contributed by atoms with E-state index in [2.05, 4.69) is 20.1 Å². The van der Waals surface area contributed by atoms with Gasteiger partial charge in [-0.25, -0.2) is 19.5 Å². The molecule has 120 valence electrons. The molecule has 0 unspecified atom stereocenters. The Labute approximate surface area is 142 Å². The van der Waals surface area contributed by atoms with Gasteiger partial charge in [0.2, 0.25) is 5.82 Å². The maximum Gasteiger partial charge on any atom is 0.202 e. The van der Waals surface area contributed by atoms with Crippen molar-refractivity contribution < 1.29 is 0 Å².